The predicted octanol–water partition coefficient (Wildman–Crippen LogP) is 1.59. The molecule has 2 fully saturated rings. The number of nitrogens with zero attached hydrogens (tertiary/aromatic N) is 5. The highest BCUT2D eigenvalue weighted by Crippen LogP contribution is 2.31. The van der Waals surface area contributed by atoms with Crippen LogP contribution in [0.2, 0.25) is 0 Å². The van der Waals surface area contributed by atoms with Gasteiger partial charge in [0.25, 0.3) is 0 Å². The summed E-state index contributed by atoms with van der Waals surface area (Å²) in [4.78, 5) is 24.4. The number of hydrogen-bond acceptors (Lipinski definition) is 7. The van der Waals surface area contributed by atoms with Crippen LogP contribution in [0.25, 0.3) is 11.2 Å². The fraction of sp³-hybridized carbons (Fsp3) is 0.455. The van der Waals surface area contributed by atoms with Crippen molar-refractivity contribution >= 4 is 29.1 Å². The maximum absolute atomic E-state index is 14.5. The molecule has 1 saturated carbocycles. The summed E-state index contributed by atoms with van der Waals surface area (Å²) in [6, 6.07) is 4.08. The summed E-state index contributed by atoms with van der Waals surface area (Å²) in [5.41, 5.74) is 15.9. The summed E-state index contributed by atoms with van der Waals surface area (Å²) < 4.78 is 16.4. The molecule has 3 heterocycles. The molecule has 1 aliphatic carbocycles. The fourth-order valence-electron chi connectivity index (χ4n) is 4.04. The highest BCUT2D eigenvalue weighted by molar-refractivity contribution is 5.81. The number of anilines is 2. The van der Waals surface area contributed by atoms with Crippen molar-refractivity contribution in [1.29, 1.82) is 0 Å². The van der Waals surface area contributed by atoms with E-state index in [1.54, 1.807) is 12.4 Å². The molecular weight excluding hydrogens is 411 g/mol. The van der Waals surface area contributed by atoms with Crippen LogP contribution in [-0.4, -0.2) is 51.1 Å². The van der Waals surface area contributed by atoms with Gasteiger partial charge in [-0.3, -0.25) is 4.79 Å². The van der Waals surface area contributed by atoms with Gasteiger partial charge in [0, 0.05) is 36.4 Å². The number of amides is 1. The largest absolute Gasteiger partial charge is 0.382 e. The Balaban J connectivity index is 0.000000354. The lowest BCUT2D eigenvalue weighted by atomic mass is 10.0. The van der Waals surface area contributed by atoms with Gasteiger partial charge in [-0.2, -0.15) is 0 Å². The van der Waals surface area contributed by atoms with E-state index in [0.717, 1.165) is 37.2 Å². The van der Waals surface area contributed by atoms with Gasteiger partial charge in [0.1, 0.15) is 17.7 Å². The van der Waals surface area contributed by atoms with Gasteiger partial charge in [-0.05, 0) is 43.4 Å². The van der Waals surface area contributed by atoms with Crippen LogP contribution >= 0.6 is 0 Å². The van der Waals surface area contributed by atoms with Gasteiger partial charge in [0.15, 0.2) is 11.5 Å². The Morgan fingerprint density at radius 3 is 2.66 bits per heavy atom. The molecule has 3 aromatic rings. The lowest BCUT2D eigenvalue weighted by Crippen LogP contribution is -2.27. The van der Waals surface area contributed by atoms with E-state index in [1.807, 2.05) is 17.6 Å². The average Bonchev–Trinajstić information content (AvgIpc) is 3.34. The molecule has 0 bridgehead atoms. The van der Waals surface area contributed by atoms with E-state index in [-0.39, 0.29) is 11.9 Å². The lowest BCUT2D eigenvalue weighted by molar-refractivity contribution is -0.109. The summed E-state index contributed by atoms with van der Waals surface area (Å²) in [6.45, 7) is 4.09. The third-order valence-electron chi connectivity index (χ3n) is 5.91. The van der Waals surface area contributed by atoms with Crippen LogP contribution in [0.5, 0.6) is 0 Å². The standard InChI is InChI=1S/C18H22FN7.C4H7NO/c1-2-12-13(8-26-10-24-16-17(21)22-9-23-18(16)26)15(4-3-14(12)19)25-6-5-11(20)7-25;6-3-5-4-1-2-4/h3-4,9-11H,2,5-8,20H2,1H3,(H2,21,22,23);3-4H,1-2H2,(H,5,6). The van der Waals surface area contributed by atoms with Crippen LogP contribution in [0, 0.1) is 5.82 Å². The highest BCUT2D eigenvalue weighted by Gasteiger charge is 2.24. The van der Waals surface area contributed by atoms with Crippen LogP contribution in [0.4, 0.5) is 15.9 Å². The van der Waals surface area contributed by atoms with E-state index in [1.165, 1.54) is 19.2 Å². The first-order valence-corrected chi connectivity index (χ1v) is 10.9. The summed E-state index contributed by atoms with van der Waals surface area (Å²) in [5.74, 6) is 0.155. The topological polar surface area (TPSA) is 128 Å². The minimum Gasteiger partial charge on any atom is -0.382 e. The predicted molar refractivity (Wildman–Crippen MR) is 122 cm³/mol. The molecule has 1 amide bonds. The lowest BCUT2D eigenvalue weighted by Gasteiger charge is -2.24. The Labute approximate surface area is 186 Å². The summed E-state index contributed by atoms with van der Waals surface area (Å²) >= 11 is 0. The molecule has 5 rings (SSSR count). The van der Waals surface area contributed by atoms with Crippen LogP contribution in [0.15, 0.2) is 24.8 Å². The molecule has 1 aliphatic heterocycles. The molecule has 1 aromatic carbocycles. The normalized spacial score (nSPS) is 17.8. The number of imidazole rings is 1. The number of carbonyl (C=O) groups is 1. The van der Waals surface area contributed by atoms with Crippen LogP contribution in [0.1, 0.15) is 37.3 Å². The number of rotatable bonds is 6. The number of nitrogen functional groups attached to an aromatic ring is 1. The zero-order valence-corrected chi connectivity index (χ0v) is 18.2. The van der Waals surface area contributed by atoms with E-state index in [2.05, 4.69) is 25.2 Å². The Morgan fingerprint density at radius 1 is 1.22 bits per heavy atom. The summed E-state index contributed by atoms with van der Waals surface area (Å²) in [6.07, 6.45) is 7.77. The van der Waals surface area contributed by atoms with E-state index in [4.69, 9.17) is 11.5 Å². The van der Waals surface area contributed by atoms with Crippen molar-refractivity contribution in [1.82, 2.24) is 24.8 Å². The van der Waals surface area contributed by atoms with Crippen LogP contribution in [0.3, 0.4) is 0 Å². The quantitative estimate of drug-likeness (QED) is 0.497. The number of hydrogen-bond donors (Lipinski definition) is 3. The number of nitrogens with two attached hydrogens (primary N) is 2. The van der Waals surface area contributed by atoms with Crippen molar-refractivity contribution < 1.29 is 9.18 Å². The number of carbonyl (C=O) groups excluding carboxylic acids is 1. The fourth-order valence-corrected chi connectivity index (χ4v) is 4.04. The molecular formula is C22H29FN8O. The Bertz CT molecular complexity index is 1100. The van der Waals surface area contributed by atoms with Crippen molar-refractivity contribution in [2.24, 2.45) is 5.73 Å². The molecule has 1 saturated heterocycles. The zero-order valence-electron chi connectivity index (χ0n) is 18.2. The molecule has 5 N–H and O–H groups in total. The summed E-state index contributed by atoms with van der Waals surface area (Å²) in [5, 5.41) is 2.64. The minimum atomic E-state index is -0.187. The van der Waals surface area contributed by atoms with Gasteiger partial charge >= 0.3 is 0 Å². The molecule has 170 valence electrons. The second kappa shape index (κ2) is 9.47. The first-order valence-electron chi connectivity index (χ1n) is 10.9. The number of benzene rings is 1. The van der Waals surface area contributed by atoms with Gasteiger partial charge in [-0.1, -0.05) is 6.92 Å². The SMILES string of the molecule is CCc1c(F)ccc(N2CCC(N)C2)c1Cn1cnc2c(N)ncnc21.O=CNC1CC1. The second-order valence-electron chi connectivity index (χ2n) is 8.23. The first-order chi connectivity index (χ1) is 15.5. The van der Waals surface area contributed by atoms with Gasteiger partial charge in [0.2, 0.25) is 6.41 Å². The molecule has 32 heavy (non-hydrogen) atoms. The van der Waals surface area contributed by atoms with Crippen molar-refractivity contribution in [2.75, 3.05) is 23.7 Å². The smallest absolute Gasteiger partial charge is 0.207 e. The van der Waals surface area contributed by atoms with Crippen molar-refractivity contribution in [2.45, 2.75) is 51.2 Å². The molecule has 9 nitrogen and oxygen atoms in total. The third-order valence-corrected chi connectivity index (χ3v) is 5.91. The molecule has 2 aromatic heterocycles. The van der Waals surface area contributed by atoms with Crippen molar-refractivity contribution in [3.63, 3.8) is 0 Å². The van der Waals surface area contributed by atoms with E-state index in [9.17, 15) is 9.18 Å². The Kier molecular flexibility index (Phi) is 6.50. The number of fused-ring (bicyclic) bond motifs is 1. The highest BCUT2D eigenvalue weighted by atomic mass is 19.1. The van der Waals surface area contributed by atoms with Crippen molar-refractivity contribution in [3.05, 3.63) is 41.7 Å². The molecule has 1 unspecified atom stereocenters. The van der Waals surface area contributed by atoms with Gasteiger partial charge < -0.3 is 26.3 Å². The minimum absolute atomic E-state index is 0.152. The van der Waals surface area contributed by atoms with Gasteiger partial charge in [0.05, 0.1) is 12.9 Å². The molecule has 0 spiro atoms. The molecule has 2 aliphatic rings. The zero-order chi connectivity index (χ0) is 22.7. The maximum atomic E-state index is 14.5. The van der Waals surface area contributed by atoms with Crippen LogP contribution in [-0.2, 0) is 17.8 Å². The molecule has 10 heteroatoms. The van der Waals surface area contributed by atoms with Gasteiger partial charge in [-0.15, -0.1) is 0 Å². The summed E-state index contributed by atoms with van der Waals surface area (Å²) in [7, 11) is 0. The maximum Gasteiger partial charge on any atom is 0.207 e. The Hall–Kier alpha value is -3.27. The van der Waals surface area contributed by atoms with E-state index >= 15 is 0 Å². The van der Waals surface area contributed by atoms with E-state index in [0.29, 0.717) is 41.6 Å². The number of halogens is 1. The second-order valence-corrected chi connectivity index (χ2v) is 8.23. The first kappa shape index (κ1) is 21.9. The monoisotopic (exact) mass is 440 g/mol. The molecule has 1 atom stereocenters. The number of aromatic nitrogens is 4. The van der Waals surface area contributed by atoms with Crippen LogP contribution < -0.4 is 21.7 Å². The third kappa shape index (κ3) is 4.64. The number of nitrogens with one attached hydrogen (secondary N) is 1. The molecule has 0 radical (unpaired) electrons. The van der Waals surface area contributed by atoms with E-state index < -0.39 is 0 Å². The Morgan fingerprint density at radius 2 is 2.03 bits per heavy atom. The average molecular weight is 441 g/mol. The van der Waals surface area contributed by atoms with Crippen molar-refractivity contribution in [3.8, 4) is 0 Å². The van der Waals surface area contributed by atoms with Gasteiger partial charge in [-0.25, -0.2) is 19.3 Å².